The molecule has 0 saturated heterocycles. The summed E-state index contributed by atoms with van der Waals surface area (Å²) in [7, 11) is -3.37. The van der Waals surface area contributed by atoms with E-state index in [0.29, 0.717) is 0 Å². The molecule has 8 heteroatoms. The fourth-order valence-electron chi connectivity index (χ4n) is 0.201. The molecule has 0 aromatic carbocycles. The maximum Gasteiger partial charge on any atom is 0.248 e. The molecule has 68 valence electrons. The van der Waals surface area contributed by atoms with E-state index in [0.717, 1.165) is 6.26 Å². The van der Waals surface area contributed by atoms with Gasteiger partial charge in [-0.05, 0) is 0 Å². The van der Waals surface area contributed by atoms with E-state index in [1.165, 1.54) is 0 Å². The number of amides is 1. The molecule has 0 heterocycles. The molecule has 0 aromatic heterocycles. The summed E-state index contributed by atoms with van der Waals surface area (Å²) in [6.07, 6.45) is 0.920. The molecule has 0 aliphatic rings. The van der Waals surface area contributed by atoms with Gasteiger partial charge >= 0.3 is 0 Å². The van der Waals surface area contributed by atoms with E-state index in [4.69, 9.17) is 5.73 Å². The van der Waals surface area contributed by atoms with Crippen molar-refractivity contribution in [3.8, 4) is 0 Å². The molecule has 1 amide bonds. The number of nitrogens with one attached hydrogen (secondary N) is 2. The number of halogens is 1. The Labute approximate surface area is 71.0 Å². The fourth-order valence-corrected chi connectivity index (χ4v) is 0.500. The lowest BCUT2D eigenvalue weighted by molar-refractivity contribution is -0.120. The second-order valence-electron chi connectivity index (χ2n) is 1.63. The van der Waals surface area contributed by atoms with Gasteiger partial charge in [-0.3, -0.25) is 10.2 Å². The number of sulfonamides is 1. The SMILES string of the molecule is CS(=O)(=O)NNC(=O)CN.Cl. The monoisotopic (exact) mass is 203 g/mol. The van der Waals surface area contributed by atoms with Crippen LogP contribution < -0.4 is 16.0 Å². The largest absolute Gasteiger partial charge is 0.322 e. The molecule has 0 saturated carbocycles. The first-order valence-electron chi connectivity index (χ1n) is 2.41. The lowest BCUT2D eigenvalue weighted by Crippen LogP contribution is -2.43. The van der Waals surface area contributed by atoms with Crippen molar-refractivity contribution >= 4 is 28.3 Å². The number of carbonyl (C=O) groups is 1. The Morgan fingerprint density at radius 1 is 1.55 bits per heavy atom. The van der Waals surface area contributed by atoms with Gasteiger partial charge in [0.05, 0.1) is 12.8 Å². The third-order valence-corrected chi connectivity index (χ3v) is 1.03. The smallest absolute Gasteiger partial charge is 0.248 e. The standard InChI is InChI=1S/C3H9N3O3S.ClH/c1-10(8,9)6-5-3(7)2-4;/h6H,2,4H2,1H3,(H,5,7);1H. The van der Waals surface area contributed by atoms with Gasteiger partial charge in [-0.2, -0.15) is 0 Å². The second-order valence-corrected chi connectivity index (χ2v) is 3.37. The minimum Gasteiger partial charge on any atom is -0.322 e. The van der Waals surface area contributed by atoms with Crippen molar-refractivity contribution in [1.29, 1.82) is 0 Å². The fraction of sp³-hybridized carbons (Fsp3) is 0.667. The highest BCUT2D eigenvalue weighted by Gasteiger charge is 2.01. The van der Waals surface area contributed by atoms with Gasteiger partial charge in [0.25, 0.3) is 0 Å². The summed E-state index contributed by atoms with van der Waals surface area (Å²) >= 11 is 0. The van der Waals surface area contributed by atoms with Crippen LogP contribution in [0.3, 0.4) is 0 Å². The third-order valence-electron chi connectivity index (χ3n) is 0.561. The van der Waals surface area contributed by atoms with Crippen LogP contribution in [-0.2, 0) is 14.8 Å². The molecule has 4 N–H and O–H groups in total. The summed E-state index contributed by atoms with van der Waals surface area (Å²) in [6, 6.07) is 0. The van der Waals surface area contributed by atoms with Gasteiger partial charge in [0.15, 0.2) is 0 Å². The minimum atomic E-state index is -3.37. The molecule has 0 spiro atoms. The highest BCUT2D eigenvalue weighted by atomic mass is 35.5. The number of nitrogens with two attached hydrogens (primary N) is 1. The summed E-state index contributed by atoms with van der Waals surface area (Å²) in [5.74, 6) is -0.578. The van der Waals surface area contributed by atoms with Crippen molar-refractivity contribution in [3.63, 3.8) is 0 Å². The van der Waals surface area contributed by atoms with E-state index in [9.17, 15) is 13.2 Å². The van der Waals surface area contributed by atoms with E-state index < -0.39 is 15.9 Å². The van der Waals surface area contributed by atoms with Crippen LogP contribution in [0.1, 0.15) is 0 Å². The molecule has 0 aliphatic heterocycles. The number of hydrogen-bond acceptors (Lipinski definition) is 4. The quantitative estimate of drug-likeness (QED) is 0.460. The topological polar surface area (TPSA) is 101 Å². The van der Waals surface area contributed by atoms with Crippen LogP contribution in [0.15, 0.2) is 0 Å². The van der Waals surface area contributed by atoms with Crippen molar-refractivity contribution in [2.24, 2.45) is 5.73 Å². The third kappa shape index (κ3) is 9.63. The molecular weight excluding hydrogens is 194 g/mol. The molecule has 0 radical (unpaired) electrons. The highest BCUT2D eigenvalue weighted by Crippen LogP contribution is 1.66. The van der Waals surface area contributed by atoms with Gasteiger partial charge in [0.1, 0.15) is 0 Å². The van der Waals surface area contributed by atoms with Gasteiger partial charge in [-0.1, -0.05) is 0 Å². The maximum absolute atomic E-state index is 10.3. The first kappa shape index (κ1) is 13.2. The lowest BCUT2D eigenvalue weighted by Gasteiger charge is -2.01. The molecule has 0 rings (SSSR count). The summed E-state index contributed by atoms with van der Waals surface area (Å²) in [6.45, 7) is -0.248. The van der Waals surface area contributed by atoms with Crippen molar-refractivity contribution < 1.29 is 13.2 Å². The molecule has 0 aliphatic carbocycles. The zero-order valence-corrected chi connectivity index (χ0v) is 7.46. The molecule has 0 aromatic rings. The van der Waals surface area contributed by atoms with Crippen LogP contribution >= 0.6 is 12.4 Å². The summed E-state index contributed by atoms with van der Waals surface area (Å²) in [4.78, 5) is 12.1. The van der Waals surface area contributed by atoms with Crippen molar-refractivity contribution in [3.05, 3.63) is 0 Å². The average Bonchev–Trinajstić information content (AvgIpc) is 1.81. The molecule has 6 nitrogen and oxygen atoms in total. The molecule has 0 atom stereocenters. The summed E-state index contributed by atoms with van der Waals surface area (Å²) < 4.78 is 20.6. The minimum absolute atomic E-state index is 0. The van der Waals surface area contributed by atoms with Crippen molar-refractivity contribution in [2.75, 3.05) is 12.8 Å². The van der Waals surface area contributed by atoms with Gasteiger partial charge in [-0.15, -0.1) is 17.2 Å². The van der Waals surface area contributed by atoms with Gasteiger partial charge in [-0.25, -0.2) is 8.42 Å². The van der Waals surface area contributed by atoms with Crippen LogP contribution in [0, 0.1) is 0 Å². The van der Waals surface area contributed by atoms with E-state index >= 15 is 0 Å². The molecule has 0 bridgehead atoms. The van der Waals surface area contributed by atoms with Crippen LogP contribution in [0.5, 0.6) is 0 Å². The Bertz CT molecular complexity index is 214. The first-order valence-corrected chi connectivity index (χ1v) is 4.30. The maximum atomic E-state index is 10.3. The predicted octanol–water partition coefficient (Wildman–Crippen LogP) is -2.05. The van der Waals surface area contributed by atoms with E-state index in [1.54, 1.807) is 4.83 Å². The normalized spacial score (nSPS) is 10.0. The summed E-state index contributed by atoms with van der Waals surface area (Å²) in [5, 5.41) is 0. The summed E-state index contributed by atoms with van der Waals surface area (Å²) in [5.41, 5.74) is 6.72. The zero-order valence-electron chi connectivity index (χ0n) is 5.83. The Morgan fingerprint density at radius 2 is 2.00 bits per heavy atom. The predicted molar refractivity (Wildman–Crippen MR) is 42.4 cm³/mol. The van der Waals surface area contributed by atoms with E-state index in [1.807, 2.05) is 5.43 Å². The van der Waals surface area contributed by atoms with Crippen molar-refractivity contribution in [1.82, 2.24) is 10.3 Å². The number of rotatable bonds is 3. The lowest BCUT2D eigenvalue weighted by atomic mass is 10.7. The van der Waals surface area contributed by atoms with Crippen LogP contribution in [0.25, 0.3) is 0 Å². The average molecular weight is 204 g/mol. The Morgan fingerprint density at radius 3 is 2.27 bits per heavy atom. The molecule has 0 fully saturated rings. The first-order chi connectivity index (χ1) is 4.45. The Kier molecular flexibility index (Phi) is 6.38. The van der Waals surface area contributed by atoms with E-state index in [2.05, 4.69) is 0 Å². The zero-order chi connectivity index (χ0) is 8.20. The van der Waals surface area contributed by atoms with Crippen molar-refractivity contribution in [2.45, 2.75) is 0 Å². The van der Waals surface area contributed by atoms with Crippen LogP contribution in [-0.4, -0.2) is 27.1 Å². The molecular formula is C3H10ClN3O3S. The number of hydrazine groups is 1. The molecule has 0 unspecified atom stereocenters. The van der Waals surface area contributed by atoms with Crippen LogP contribution in [0.2, 0.25) is 0 Å². The number of hydrogen-bond donors (Lipinski definition) is 3. The Balaban J connectivity index is 0. The van der Waals surface area contributed by atoms with Gasteiger partial charge in [0.2, 0.25) is 15.9 Å². The highest BCUT2D eigenvalue weighted by molar-refractivity contribution is 7.88. The van der Waals surface area contributed by atoms with E-state index in [-0.39, 0.29) is 19.0 Å². The van der Waals surface area contributed by atoms with Gasteiger partial charge in [0, 0.05) is 0 Å². The van der Waals surface area contributed by atoms with Gasteiger partial charge < -0.3 is 5.73 Å². The number of carbonyl (C=O) groups excluding carboxylic acids is 1. The Hall–Kier alpha value is -0.370. The van der Waals surface area contributed by atoms with Crippen LogP contribution in [0.4, 0.5) is 0 Å². The second kappa shape index (κ2) is 5.30. The molecule has 11 heavy (non-hydrogen) atoms.